The molecule has 1 fully saturated rings. The summed E-state index contributed by atoms with van der Waals surface area (Å²) in [6, 6.07) is 12.8. The summed E-state index contributed by atoms with van der Waals surface area (Å²) in [6.45, 7) is 1.22. The van der Waals surface area contributed by atoms with Gasteiger partial charge in [-0.05, 0) is 42.7 Å². The van der Waals surface area contributed by atoms with Gasteiger partial charge in [0.2, 0.25) is 12.7 Å². The predicted octanol–water partition coefficient (Wildman–Crippen LogP) is 3.02. The van der Waals surface area contributed by atoms with Crippen LogP contribution in [0.15, 0.2) is 47.4 Å². The van der Waals surface area contributed by atoms with Gasteiger partial charge in [-0.15, -0.1) is 11.8 Å². The van der Waals surface area contributed by atoms with Crippen molar-refractivity contribution in [2.45, 2.75) is 4.90 Å². The number of benzene rings is 2. The van der Waals surface area contributed by atoms with Gasteiger partial charge in [-0.25, -0.2) is 4.79 Å². The summed E-state index contributed by atoms with van der Waals surface area (Å²) in [4.78, 5) is 29.3. The smallest absolute Gasteiger partial charge is 0.325 e. The number of carbonyl (C=O) groups is 2. The Morgan fingerprint density at radius 3 is 2.67 bits per heavy atom. The SMILES string of the molecule is CSc1ccc(NC(=O)CN2CCN(c3ccc4c(c3)OCO4)C2=O)cc1. The van der Waals surface area contributed by atoms with Gasteiger partial charge in [-0.1, -0.05) is 0 Å². The zero-order valence-corrected chi connectivity index (χ0v) is 15.6. The number of urea groups is 1. The van der Waals surface area contributed by atoms with Crippen LogP contribution in [0.3, 0.4) is 0 Å². The summed E-state index contributed by atoms with van der Waals surface area (Å²) < 4.78 is 10.7. The van der Waals surface area contributed by atoms with Crippen molar-refractivity contribution < 1.29 is 19.1 Å². The number of hydrogen-bond donors (Lipinski definition) is 1. The molecule has 2 aromatic carbocycles. The van der Waals surface area contributed by atoms with Gasteiger partial charge in [0.25, 0.3) is 0 Å². The Labute approximate surface area is 161 Å². The van der Waals surface area contributed by atoms with E-state index in [2.05, 4.69) is 5.32 Å². The van der Waals surface area contributed by atoms with E-state index in [1.54, 1.807) is 28.8 Å². The van der Waals surface area contributed by atoms with Crippen molar-refractivity contribution in [2.75, 3.05) is 42.9 Å². The van der Waals surface area contributed by atoms with Gasteiger partial charge < -0.3 is 19.7 Å². The van der Waals surface area contributed by atoms with E-state index in [4.69, 9.17) is 9.47 Å². The molecule has 0 aliphatic carbocycles. The largest absolute Gasteiger partial charge is 0.454 e. The normalized spacial score (nSPS) is 15.4. The van der Waals surface area contributed by atoms with Crippen LogP contribution in [0, 0.1) is 0 Å². The fourth-order valence-corrected chi connectivity index (χ4v) is 3.48. The van der Waals surface area contributed by atoms with E-state index >= 15 is 0 Å². The number of amides is 3. The summed E-state index contributed by atoms with van der Waals surface area (Å²) in [6.07, 6.45) is 2.00. The van der Waals surface area contributed by atoms with E-state index < -0.39 is 0 Å². The lowest BCUT2D eigenvalue weighted by Crippen LogP contribution is -2.37. The van der Waals surface area contributed by atoms with E-state index in [0.29, 0.717) is 24.6 Å². The Morgan fingerprint density at radius 2 is 1.89 bits per heavy atom. The van der Waals surface area contributed by atoms with Gasteiger partial charge in [0.1, 0.15) is 6.54 Å². The molecule has 7 nitrogen and oxygen atoms in total. The molecule has 3 amide bonds. The number of nitrogens with zero attached hydrogens (tertiary/aromatic N) is 2. The average Bonchev–Trinajstić information content (AvgIpc) is 3.29. The van der Waals surface area contributed by atoms with Crippen LogP contribution in [-0.4, -0.2) is 49.5 Å². The van der Waals surface area contributed by atoms with E-state index in [-0.39, 0.29) is 25.3 Å². The maximum atomic E-state index is 12.7. The highest BCUT2D eigenvalue weighted by molar-refractivity contribution is 7.98. The lowest BCUT2D eigenvalue weighted by Gasteiger charge is -2.18. The first kappa shape index (κ1) is 17.5. The first-order chi connectivity index (χ1) is 13.1. The van der Waals surface area contributed by atoms with Gasteiger partial charge in [0.05, 0.1) is 0 Å². The number of fused-ring (bicyclic) bond motifs is 1. The molecule has 4 rings (SSSR count). The standard InChI is InChI=1S/C19H19N3O4S/c1-27-15-5-2-13(3-6-15)20-18(23)11-21-8-9-22(19(21)24)14-4-7-16-17(10-14)26-12-25-16/h2-7,10H,8-9,11-12H2,1H3,(H,20,23). The second-order valence-corrected chi connectivity index (χ2v) is 7.05. The van der Waals surface area contributed by atoms with Crippen LogP contribution in [0.5, 0.6) is 11.5 Å². The number of carbonyl (C=O) groups excluding carboxylic acids is 2. The number of ether oxygens (including phenoxy) is 2. The van der Waals surface area contributed by atoms with Crippen molar-refractivity contribution in [1.29, 1.82) is 0 Å². The molecule has 0 atom stereocenters. The number of anilines is 2. The number of hydrogen-bond acceptors (Lipinski definition) is 5. The highest BCUT2D eigenvalue weighted by Crippen LogP contribution is 2.36. The molecule has 1 saturated heterocycles. The van der Waals surface area contributed by atoms with Crippen molar-refractivity contribution in [1.82, 2.24) is 4.90 Å². The summed E-state index contributed by atoms with van der Waals surface area (Å²) in [5.41, 5.74) is 1.46. The molecule has 0 aromatic heterocycles. The Morgan fingerprint density at radius 1 is 1.11 bits per heavy atom. The third-order valence-corrected chi connectivity index (χ3v) is 5.21. The molecule has 0 radical (unpaired) electrons. The molecular formula is C19H19N3O4S. The molecule has 0 bridgehead atoms. The van der Waals surface area contributed by atoms with Crippen LogP contribution in [0.1, 0.15) is 0 Å². The molecule has 0 spiro atoms. The summed E-state index contributed by atoms with van der Waals surface area (Å²) in [5, 5.41) is 2.83. The molecule has 0 saturated carbocycles. The van der Waals surface area contributed by atoms with E-state index in [0.717, 1.165) is 16.3 Å². The molecule has 2 aliphatic heterocycles. The van der Waals surface area contributed by atoms with Gasteiger partial charge in [-0.2, -0.15) is 0 Å². The molecule has 2 aromatic rings. The van der Waals surface area contributed by atoms with Gasteiger partial charge in [0, 0.05) is 35.4 Å². The van der Waals surface area contributed by atoms with Crippen LogP contribution < -0.4 is 19.7 Å². The molecule has 140 valence electrons. The number of rotatable bonds is 5. The lowest BCUT2D eigenvalue weighted by molar-refractivity contribution is -0.116. The van der Waals surface area contributed by atoms with Crippen molar-refractivity contribution >= 4 is 35.1 Å². The minimum Gasteiger partial charge on any atom is -0.454 e. The van der Waals surface area contributed by atoms with Crippen LogP contribution in [0.25, 0.3) is 0 Å². The fraction of sp³-hybridized carbons (Fsp3) is 0.263. The predicted molar refractivity (Wildman–Crippen MR) is 104 cm³/mol. The molecule has 8 heteroatoms. The van der Waals surface area contributed by atoms with Crippen molar-refractivity contribution in [3.63, 3.8) is 0 Å². The molecule has 2 aliphatic rings. The quantitative estimate of drug-likeness (QED) is 0.801. The van der Waals surface area contributed by atoms with Crippen molar-refractivity contribution in [2.24, 2.45) is 0 Å². The topological polar surface area (TPSA) is 71.1 Å². The lowest BCUT2D eigenvalue weighted by atomic mass is 10.2. The first-order valence-corrected chi connectivity index (χ1v) is 9.76. The molecule has 2 heterocycles. The van der Waals surface area contributed by atoms with Gasteiger partial charge in [0.15, 0.2) is 11.5 Å². The maximum Gasteiger partial charge on any atom is 0.325 e. The second-order valence-electron chi connectivity index (χ2n) is 6.17. The van der Waals surface area contributed by atoms with Crippen LogP contribution >= 0.6 is 11.8 Å². The third kappa shape index (κ3) is 3.66. The van der Waals surface area contributed by atoms with E-state index in [1.165, 1.54) is 4.90 Å². The molecule has 0 unspecified atom stereocenters. The fourth-order valence-electron chi connectivity index (χ4n) is 3.07. The van der Waals surface area contributed by atoms with Crippen LogP contribution in [0.4, 0.5) is 16.2 Å². The zero-order valence-electron chi connectivity index (χ0n) is 14.8. The third-order valence-electron chi connectivity index (χ3n) is 4.47. The molecular weight excluding hydrogens is 366 g/mol. The Kier molecular flexibility index (Phi) is 4.81. The maximum absolute atomic E-state index is 12.7. The van der Waals surface area contributed by atoms with Crippen molar-refractivity contribution in [3.05, 3.63) is 42.5 Å². The number of thioether (sulfide) groups is 1. The van der Waals surface area contributed by atoms with Gasteiger partial charge >= 0.3 is 6.03 Å². The van der Waals surface area contributed by atoms with Crippen molar-refractivity contribution in [3.8, 4) is 11.5 Å². The van der Waals surface area contributed by atoms with Crippen LogP contribution in [0.2, 0.25) is 0 Å². The molecule has 1 N–H and O–H groups in total. The highest BCUT2D eigenvalue weighted by Gasteiger charge is 2.31. The number of nitrogens with one attached hydrogen (secondary N) is 1. The Balaban J connectivity index is 1.37. The van der Waals surface area contributed by atoms with Crippen LogP contribution in [-0.2, 0) is 4.79 Å². The second kappa shape index (κ2) is 7.40. The minimum atomic E-state index is -0.215. The van der Waals surface area contributed by atoms with E-state index in [9.17, 15) is 9.59 Å². The average molecular weight is 385 g/mol. The summed E-state index contributed by atoms with van der Waals surface area (Å²) in [5.74, 6) is 1.09. The Bertz CT molecular complexity index is 872. The summed E-state index contributed by atoms with van der Waals surface area (Å²) in [7, 11) is 0. The van der Waals surface area contributed by atoms with E-state index in [1.807, 2.05) is 36.6 Å². The van der Waals surface area contributed by atoms with Gasteiger partial charge in [-0.3, -0.25) is 9.69 Å². The molecule has 27 heavy (non-hydrogen) atoms. The first-order valence-electron chi connectivity index (χ1n) is 8.54. The summed E-state index contributed by atoms with van der Waals surface area (Å²) >= 11 is 1.64. The monoisotopic (exact) mass is 385 g/mol. The zero-order chi connectivity index (χ0) is 18.8. The highest BCUT2D eigenvalue weighted by atomic mass is 32.2. The Hall–Kier alpha value is -2.87. The minimum absolute atomic E-state index is 0.0180.